The van der Waals surface area contributed by atoms with Gasteiger partial charge < -0.3 is 14.8 Å². The van der Waals surface area contributed by atoms with Crippen molar-refractivity contribution in [2.75, 3.05) is 12.0 Å². The summed E-state index contributed by atoms with van der Waals surface area (Å²) >= 11 is 17.8. The van der Waals surface area contributed by atoms with Crippen LogP contribution in [-0.4, -0.2) is 35.2 Å². The number of nitrogens with one attached hydrogen (secondary N) is 1. The average Bonchev–Trinajstić information content (AvgIpc) is 2.43. The van der Waals surface area contributed by atoms with Gasteiger partial charge in [0.1, 0.15) is 5.75 Å². The van der Waals surface area contributed by atoms with E-state index in [0.29, 0.717) is 11.4 Å². The van der Waals surface area contributed by atoms with Crippen LogP contribution in [0.15, 0.2) is 24.3 Å². The molecule has 22 heavy (non-hydrogen) atoms. The van der Waals surface area contributed by atoms with E-state index in [1.165, 1.54) is 14.0 Å². The molecule has 9 heteroatoms. The Balaban J connectivity index is 2.53. The lowest BCUT2D eigenvalue weighted by Gasteiger charge is -2.40. The van der Waals surface area contributed by atoms with Crippen LogP contribution in [0.3, 0.4) is 0 Å². The third-order valence-corrected chi connectivity index (χ3v) is 3.54. The van der Waals surface area contributed by atoms with Crippen molar-refractivity contribution < 1.29 is 19.1 Å². The number of fused-ring (bicyclic) bond motifs is 1. The van der Waals surface area contributed by atoms with Gasteiger partial charge in [-0.05, 0) is 12.1 Å². The second kappa shape index (κ2) is 6.50. The number of hydrogen-bond acceptors (Lipinski definition) is 4. The molecule has 2 atom stereocenters. The zero-order chi connectivity index (χ0) is 16.5. The van der Waals surface area contributed by atoms with Gasteiger partial charge in [-0.15, -0.1) is 0 Å². The van der Waals surface area contributed by atoms with E-state index in [-0.39, 0.29) is 0 Å². The van der Waals surface area contributed by atoms with Gasteiger partial charge in [0.2, 0.25) is 9.70 Å². The minimum absolute atomic E-state index is 0.367. The fourth-order valence-electron chi connectivity index (χ4n) is 2.05. The normalized spacial score (nSPS) is 19.2. The largest absolute Gasteiger partial charge is 0.453 e. The van der Waals surface area contributed by atoms with Gasteiger partial charge in [0.05, 0.1) is 5.69 Å². The predicted molar refractivity (Wildman–Crippen MR) is 83.2 cm³/mol. The zero-order valence-electron chi connectivity index (χ0n) is 11.7. The minimum Gasteiger partial charge on any atom is -0.453 e. The van der Waals surface area contributed by atoms with E-state index in [0.717, 1.165) is 4.90 Å². The van der Waals surface area contributed by atoms with Crippen LogP contribution in [-0.2, 0) is 14.3 Å². The van der Waals surface area contributed by atoms with Crippen LogP contribution in [0, 0.1) is 0 Å². The Hall–Kier alpha value is -1.21. The molecule has 6 nitrogen and oxygen atoms in total. The summed E-state index contributed by atoms with van der Waals surface area (Å²) in [6.07, 6.45) is -2.41. The highest BCUT2D eigenvalue weighted by Crippen LogP contribution is 2.40. The van der Waals surface area contributed by atoms with Crippen molar-refractivity contribution in [2.45, 2.75) is 23.2 Å². The molecule has 1 aliphatic heterocycles. The lowest BCUT2D eigenvalue weighted by atomic mass is 10.2. The molecule has 1 aliphatic rings. The molecule has 2 amide bonds. The number of benzene rings is 1. The summed E-state index contributed by atoms with van der Waals surface area (Å²) in [6.45, 7) is 1.26. The highest BCUT2D eigenvalue weighted by Gasteiger charge is 2.46. The van der Waals surface area contributed by atoms with Crippen molar-refractivity contribution >= 4 is 52.3 Å². The first-order chi connectivity index (χ1) is 10.3. The second-order valence-corrected chi connectivity index (χ2v) is 6.88. The van der Waals surface area contributed by atoms with Crippen molar-refractivity contribution in [3.05, 3.63) is 24.3 Å². The molecule has 0 radical (unpaired) electrons. The van der Waals surface area contributed by atoms with E-state index < -0.39 is 28.1 Å². The van der Waals surface area contributed by atoms with Crippen LogP contribution >= 0.6 is 34.8 Å². The van der Waals surface area contributed by atoms with Crippen molar-refractivity contribution in [1.29, 1.82) is 0 Å². The van der Waals surface area contributed by atoms with Crippen LogP contribution in [0.4, 0.5) is 5.69 Å². The Kier molecular flexibility index (Phi) is 5.07. The fourth-order valence-corrected chi connectivity index (χ4v) is 2.51. The molecule has 1 N–H and O–H groups in total. The fraction of sp³-hybridized carbons (Fsp3) is 0.385. The molecule has 1 aromatic rings. The number of alkyl halides is 3. The molecule has 120 valence electrons. The van der Waals surface area contributed by atoms with Gasteiger partial charge in [-0.2, -0.15) is 0 Å². The number of carbonyl (C=O) groups excluding carboxylic acids is 2. The summed E-state index contributed by atoms with van der Waals surface area (Å²) in [4.78, 5) is 25.1. The number of halogens is 3. The first kappa shape index (κ1) is 17.1. The van der Waals surface area contributed by atoms with Gasteiger partial charge in [0.15, 0.2) is 6.17 Å². The van der Waals surface area contributed by atoms with Crippen LogP contribution < -0.4 is 15.0 Å². The number of para-hydroxylation sites is 2. The Morgan fingerprint density at radius 3 is 2.59 bits per heavy atom. The smallest absolute Gasteiger partial charge is 0.298 e. The average molecular weight is 368 g/mol. The molecule has 0 saturated carbocycles. The number of carbonyl (C=O) groups is 2. The van der Waals surface area contributed by atoms with E-state index in [9.17, 15) is 9.59 Å². The SMILES string of the molecule is CO[C@@H]1Oc2ccccc2N([C@@H](NC(C)=O)C(Cl)(Cl)Cl)C1=O. The Morgan fingerprint density at radius 1 is 1.41 bits per heavy atom. The summed E-state index contributed by atoms with van der Waals surface area (Å²) in [5.74, 6) is -0.674. The van der Waals surface area contributed by atoms with Gasteiger partial charge in [0, 0.05) is 14.0 Å². The van der Waals surface area contributed by atoms with E-state index in [2.05, 4.69) is 5.32 Å². The molecule has 0 fully saturated rings. The van der Waals surface area contributed by atoms with E-state index in [4.69, 9.17) is 44.3 Å². The van der Waals surface area contributed by atoms with Crippen LogP contribution in [0.1, 0.15) is 6.92 Å². The lowest BCUT2D eigenvalue weighted by Crippen LogP contribution is -2.61. The molecule has 0 saturated heterocycles. The molecule has 0 spiro atoms. The number of nitrogens with zero attached hydrogens (tertiary/aromatic N) is 1. The number of amides is 2. The quantitative estimate of drug-likeness (QED) is 0.832. The number of hydrogen-bond donors (Lipinski definition) is 1. The molecular weight excluding hydrogens is 355 g/mol. The summed E-state index contributed by atoms with van der Waals surface area (Å²) in [7, 11) is 1.32. The molecule has 0 aliphatic carbocycles. The maximum Gasteiger partial charge on any atom is 0.298 e. The first-order valence-electron chi connectivity index (χ1n) is 6.21. The third kappa shape index (κ3) is 3.41. The van der Waals surface area contributed by atoms with Gasteiger partial charge in [-0.25, -0.2) is 0 Å². The topological polar surface area (TPSA) is 67.9 Å². The van der Waals surface area contributed by atoms with E-state index >= 15 is 0 Å². The summed E-state index contributed by atoms with van der Waals surface area (Å²) in [5.41, 5.74) is 0.367. The Labute approximate surface area is 142 Å². The van der Waals surface area contributed by atoms with Crippen molar-refractivity contribution in [1.82, 2.24) is 5.32 Å². The molecule has 2 rings (SSSR count). The van der Waals surface area contributed by atoms with Crippen LogP contribution in [0.25, 0.3) is 0 Å². The molecule has 0 aromatic heterocycles. The summed E-state index contributed by atoms with van der Waals surface area (Å²) < 4.78 is 8.48. The maximum absolute atomic E-state index is 12.5. The van der Waals surface area contributed by atoms with Gasteiger partial charge in [0.25, 0.3) is 12.2 Å². The zero-order valence-corrected chi connectivity index (χ0v) is 13.9. The van der Waals surface area contributed by atoms with Crippen molar-refractivity contribution in [2.24, 2.45) is 0 Å². The van der Waals surface area contributed by atoms with Crippen LogP contribution in [0.2, 0.25) is 0 Å². The van der Waals surface area contributed by atoms with Crippen LogP contribution in [0.5, 0.6) is 5.75 Å². The minimum atomic E-state index is -1.95. The Bertz CT molecular complexity index is 591. The maximum atomic E-state index is 12.5. The second-order valence-electron chi connectivity index (χ2n) is 4.51. The number of rotatable bonds is 3. The van der Waals surface area contributed by atoms with E-state index in [1.807, 2.05) is 0 Å². The summed E-state index contributed by atoms with van der Waals surface area (Å²) in [5, 5.41) is 2.46. The first-order valence-corrected chi connectivity index (χ1v) is 7.34. The third-order valence-electron chi connectivity index (χ3n) is 2.92. The molecule has 0 bridgehead atoms. The van der Waals surface area contributed by atoms with Gasteiger partial charge in [-0.1, -0.05) is 46.9 Å². The van der Waals surface area contributed by atoms with Gasteiger partial charge >= 0.3 is 0 Å². The highest BCUT2D eigenvalue weighted by atomic mass is 35.6. The van der Waals surface area contributed by atoms with E-state index in [1.54, 1.807) is 24.3 Å². The number of methoxy groups -OCH3 is 1. The monoisotopic (exact) mass is 366 g/mol. The molecule has 0 unspecified atom stereocenters. The lowest BCUT2D eigenvalue weighted by molar-refractivity contribution is -0.147. The standard InChI is InChI=1S/C13H13Cl3N2O4/c1-7(19)17-12(13(14,15)16)18-8-5-3-4-6-9(8)22-11(21-2)10(18)20/h3-6,11-12H,1-2H3,(H,17,19)/t11-,12-/m1/s1. The number of ether oxygens (including phenoxy) is 2. The Morgan fingerprint density at radius 2 is 2.05 bits per heavy atom. The highest BCUT2D eigenvalue weighted by molar-refractivity contribution is 6.68. The van der Waals surface area contributed by atoms with Crippen molar-refractivity contribution in [3.8, 4) is 5.75 Å². The number of anilines is 1. The molecular formula is C13H13Cl3N2O4. The predicted octanol–water partition coefficient (Wildman–Crippen LogP) is 2.22. The van der Waals surface area contributed by atoms with Gasteiger partial charge in [-0.3, -0.25) is 14.5 Å². The molecule has 1 aromatic carbocycles. The van der Waals surface area contributed by atoms with Crippen molar-refractivity contribution in [3.63, 3.8) is 0 Å². The summed E-state index contributed by atoms with van der Waals surface area (Å²) in [6, 6.07) is 6.68. The molecule has 1 heterocycles.